The summed E-state index contributed by atoms with van der Waals surface area (Å²) in [6.45, 7) is 0. The molecule has 0 spiro atoms. The average Bonchev–Trinajstić information content (AvgIpc) is 2.16. The molecule has 0 radical (unpaired) electrons. The van der Waals surface area contributed by atoms with Crippen molar-refractivity contribution in [2.45, 2.75) is 12.0 Å². The number of carbonyl (C=O) groups is 1. The topological polar surface area (TPSA) is 63.3 Å². The van der Waals surface area contributed by atoms with E-state index in [2.05, 4.69) is 15.9 Å². The Labute approximate surface area is 93.0 Å². The molecular formula is C9H8BrF2NO2. The Balaban J connectivity index is 3.34. The molecule has 1 rings (SSSR count). The molecule has 0 aliphatic heterocycles. The van der Waals surface area contributed by atoms with Crippen LogP contribution in [0.25, 0.3) is 0 Å². The molecule has 3 nitrogen and oxygen atoms in total. The Bertz CT molecular complexity index is 386. The van der Waals surface area contributed by atoms with Gasteiger partial charge < -0.3 is 10.8 Å². The number of hydrogen-bond acceptors (Lipinski definition) is 2. The van der Waals surface area contributed by atoms with E-state index in [1.165, 1.54) is 18.2 Å². The van der Waals surface area contributed by atoms with Gasteiger partial charge in [-0.1, -0.05) is 34.1 Å². The smallest absolute Gasteiger partial charge is 0.334 e. The van der Waals surface area contributed by atoms with Crippen LogP contribution >= 0.6 is 15.9 Å². The lowest BCUT2D eigenvalue weighted by Gasteiger charge is -2.25. The summed E-state index contributed by atoms with van der Waals surface area (Å²) in [6, 6.07) is 5.75. The van der Waals surface area contributed by atoms with Crippen molar-refractivity contribution in [2.24, 2.45) is 5.73 Å². The highest BCUT2D eigenvalue weighted by atomic mass is 79.9. The molecule has 1 aromatic carbocycles. The minimum absolute atomic E-state index is 0.146. The highest BCUT2D eigenvalue weighted by molar-refractivity contribution is 9.10. The molecule has 1 atom stereocenters. The molecule has 0 fully saturated rings. The summed E-state index contributed by atoms with van der Waals surface area (Å²) in [5, 5.41) is 8.75. The normalized spacial score (nSPS) is 15.0. The number of alkyl halides is 2. The third kappa shape index (κ3) is 2.00. The van der Waals surface area contributed by atoms with E-state index in [0.717, 1.165) is 0 Å². The first-order chi connectivity index (χ1) is 6.90. The van der Waals surface area contributed by atoms with Crippen LogP contribution in [0, 0.1) is 0 Å². The fourth-order valence-electron chi connectivity index (χ4n) is 1.12. The van der Waals surface area contributed by atoms with Gasteiger partial charge in [0, 0.05) is 10.0 Å². The van der Waals surface area contributed by atoms with Crippen LogP contribution in [0.2, 0.25) is 0 Å². The standard InChI is InChI=1S/C9H8BrF2NO2/c10-6-4-2-1-3-5(6)9(13,7(11)12)8(14)15/h1-4,7H,13H2,(H,14,15). The highest BCUT2D eigenvalue weighted by Crippen LogP contribution is 2.31. The number of halogens is 3. The van der Waals surface area contributed by atoms with Crippen LogP contribution in [0.3, 0.4) is 0 Å². The first-order valence-electron chi connectivity index (χ1n) is 3.96. The quantitative estimate of drug-likeness (QED) is 0.889. The van der Waals surface area contributed by atoms with Crippen molar-refractivity contribution >= 4 is 21.9 Å². The molecule has 0 aliphatic carbocycles. The van der Waals surface area contributed by atoms with E-state index >= 15 is 0 Å². The maximum absolute atomic E-state index is 12.7. The van der Waals surface area contributed by atoms with Crippen molar-refractivity contribution in [1.29, 1.82) is 0 Å². The predicted molar refractivity (Wildman–Crippen MR) is 53.6 cm³/mol. The lowest BCUT2D eigenvalue weighted by molar-refractivity contribution is -0.150. The molecule has 1 unspecified atom stereocenters. The van der Waals surface area contributed by atoms with Crippen LogP contribution in [0.15, 0.2) is 28.7 Å². The van der Waals surface area contributed by atoms with Crippen LogP contribution in [-0.2, 0) is 10.3 Å². The second-order valence-corrected chi connectivity index (χ2v) is 3.81. The summed E-state index contributed by atoms with van der Waals surface area (Å²) in [5.41, 5.74) is 2.40. The van der Waals surface area contributed by atoms with Gasteiger partial charge in [0.1, 0.15) is 0 Å². The zero-order valence-electron chi connectivity index (χ0n) is 7.45. The summed E-state index contributed by atoms with van der Waals surface area (Å²) in [6.07, 6.45) is -3.19. The van der Waals surface area contributed by atoms with Crippen molar-refractivity contribution in [3.63, 3.8) is 0 Å². The average molecular weight is 280 g/mol. The van der Waals surface area contributed by atoms with E-state index in [-0.39, 0.29) is 10.0 Å². The monoisotopic (exact) mass is 279 g/mol. The molecule has 0 aliphatic rings. The van der Waals surface area contributed by atoms with E-state index in [1.807, 2.05) is 0 Å². The van der Waals surface area contributed by atoms with Gasteiger partial charge in [-0.15, -0.1) is 0 Å². The van der Waals surface area contributed by atoms with Gasteiger partial charge in [0.2, 0.25) is 5.54 Å². The minimum Gasteiger partial charge on any atom is -0.479 e. The van der Waals surface area contributed by atoms with E-state index in [9.17, 15) is 13.6 Å². The van der Waals surface area contributed by atoms with Crippen molar-refractivity contribution in [2.75, 3.05) is 0 Å². The Morgan fingerprint density at radius 2 is 2.00 bits per heavy atom. The second kappa shape index (κ2) is 4.24. The lowest BCUT2D eigenvalue weighted by atomic mass is 9.91. The third-order valence-electron chi connectivity index (χ3n) is 2.02. The summed E-state index contributed by atoms with van der Waals surface area (Å²) >= 11 is 2.99. The SMILES string of the molecule is NC(C(=O)O)(c1ccccc1Br)C(F)F. The fraction of sp³-hybridized carbons (Fsp3) is 0.222. The molecular weight excluding hydrogens is 272 g/mol. The maximum atomic E-state index is 12.7. The molecule has 0 saturated heterocycles. The zero-order valence-corrected chi connectivity index (χ0v) is 9.04. The van der Waals surface area contributed by atoms with Gasteiger partial charge in [-0.3, -0.25) is 0 Å². The first-order valence-corrected chi connectivity index (χ1v) is 4.75. The van der Waals surface area contributed by atoms with Crippen LogP contribution < -0.4 is 5.73 Å². The van der Waals surface area contributed by atoms with Crippen LogP contribution in [0.5, 0.6) is 0 Å². The van der Waals surface area contributed by atoms with E-state index in [0.29, 0.717) is 0 Å². The van der Waals surface area contributed by atoms with Crippen molar-refractivity contribution < 1.29 is 18.7 Å². The second-order valence-electron chi connectivity index (χ2n) is 2.95. The highest BCUT2D eigenvalue weighted by Gasteiger charge is 2.46. The van der Waals surface area contributed by atoms with E-state index < -0.39 is 17.9 Å². The molecule has 6 heteroatoms. The molecule has 82 valence electrons. The summed E-state index contributed by atoms with van der Waals surface area (Å²) < 4.78 is 25.6. The fourth-order valence-corrected chi connectivity index (χ4v) is 1.74. The molecule has 1 aromatic rings. The number of benzene rings is 1. The van der Waals surface area contributed by atoms with Gasteiger partial charge in [-0.25, -0.2) is 13.6 Å². The molecule has 0 saturated carbocycles. The van der Waals surface area contributed by atoms with Crippen LogP contribution in [-0.4, -0.2) is 17.5 Å². The predicted octanol–water partition coefficient (Wildman–Crippen LogP) is 1.95. The first kappa shape index (κ1) is 12.1. The van der Waals surface area contributed by atoms with Crippen molar-refractivity contribution in [3.05, 3.63) is 34.3 Å². The van der Waals surface area contributed by atoms with Crippen molar-refractivity contribution in [1.82, 2.24) is 0 Å². The van der Waals surface area contributed by atoms with E-state index in [1.54, 1.807) is 6.07 Å². The summed E-state index contributed by atoms with van der Waals surface area (Å²) in [4.78, 5) is 10.8. The molecule has 15 heavy (non-hydrogen) atoms. The number of aliphatic carboxylic acids is 1. The Morgan fingerprint density at radius 3 is 2.40 bits per heavy atom. The van der Waals surface area contributed by atoms with Gasteiger partial charge in [-0.2, -0.15) is 0 Å². The number of nitrogens with two attached hydrogens (primary N) is 1. The van der Waals surface area contributed by atoms with Gasteiger partial charge >= 0.3 is 5.97 Å². The molecule has 0 aromatic heterocycles. The number of carboxylic acids is 1. The van der Waals surface area contributed by atoms with E-state index in [4.69, 9.17) is 10.8 Å². The number of rotatable bonds is 3. The minimum atomic E-state index is -3.19. The summed E-state index contributed by atoms with van der Waals surface area (Å²) in [5.74, 6) is -1.76. The van der Waals surface area contributed by atoms with Gasteiger partial charge in [0.05, 0.1) is 0 Å². The summed E-state index contributed by atoms with van der Waals surface area (Å²) in [7, 11) is 0. The Kier molecular flexibility index (Phi) is 3.41. The van der Waals surface area contributed by atoms with Gasteiger partial charge in [0.25, 0.3) is 6.43 Å². The molecule has 0 amide bonds. The molecule has 0 bridgehead atoms. The molecule has 3 N–H and O–H groups in total. The van der Waals surface area contributed by atoms with Crippen molar-refractivity contribution in [3.8, 4) is 0 Å². The third-order valence-corrected chi connectivity index (χ3v) is 2.71. The Hall–Kier alpha value is -1.01. The largest absolute Gasteiger partial charge is 0.479 e. The van der Waals surface area contributed by atoms with Gasteiger partial charge in [0.15, 0.2) is 0 Å². The van der Waals surface area contributed by atoms with Crippen LogP contribution in [0.4, 0.5) is 8.78 Å². The van der Waals surface area contributed by atoms with Gasteiger partial charge in [-0.05, 0) is 6.07 Å². The zero-order chi connectivity index (χ0) is 11.6. The maximum Gasteiger partial charge on any atom is 0.334 e. The number of hydrogen-bond donors (Lipinski definition) is 2. The Morgan fingerprint density at radius 1 is 1.47 bits per heavy atom. The molecule has 0 heterocycles. The number of carboxylic acid groups (broad SMARTS) is 1. The lowest BCUT2D eigenvalue weighted by Crippen LogP contribution is -2.51. The van der Waals surface area contributed by atoms with Crippen LogP contribution in [0.1, 0.15) is 5.56 Å².